The lowest BCUT2D eigenvalue weighted by molar-refractivity contribution is -0.139. The van der Waals surface area contributed by atoms with Gasteiger partial charge in [-0.15, -0.1) is 0 Å². The molecule has 2 amide bonds. The number of aliphatic carboxylic acids is 1. The summed E-state index contributed by atoms with van der Waals surface area (Å²) in [5, 5.41) is 20.2. The summed E-state index contributed by atoms with van der Waals surface area (Å²) in [6.45, 7) is 7.47. The van der Waals surface area contributed by atoms with Crippen molar-refractivity contribution < 1.29 is 19.8 Å². The molecule has 1 rings (SSSR count). The van der Waals surface area contributed by atoms with Gasteiger partial charge in [0.05, 0.1) is 0 Å². The number of aliphatic hydroxyl groups excluding tert-OH is 1. The lowest BCUT2D eigenvalue weighted by Crippen LogP contribution is -2.47. The first-order valence-corrected chi connectivity index (χ1v) is 6.64. The van der Waals surface area contributed by atoms with Gasteiger partial charge in [0.25, 0.3) is 0 Å². The Morgan fingerprint density at radius 3 is 2.47 bits per heavy atom. The summed E-state index contributed by atoms with van der Waals surface area (Å²) in [5.41, 5.74) is 0.145. The number of carbonyl (C=O) groups is 2. The third-order valence-corrected chi connectivity index (χ3v) is 3.71. The van der Waals surface area contributed by atoms with E-state index >= 15 is 0 Å². The molecule has 6 nitrogen and oxygen atoms in total. The van der Waals surface area contributed by atoms with E-state index in [1.54, 1.807) is 4.90 Å². The van der Waals surface area contributed by atoms with Crippen molar-refractivity contribution in [2.75, 3.05) is 19.7 Å². The molecule has 1 saturated heterocycles. The Balaban J connectivity index is 2.53. The smallest absolute Gasteiger partial charge is 0.326 e. The van der Waals surface area contributed by atoms with E-state index in [1.165, 1.54) is 0 Å². The summed E-state index contributed by atoms with van der Waals surface area (Å²) in [4.78, 5) is 24.6. The zero-order valence-electron chi connectivity index (χ0n) is 11.8. The number of carbonyl (C=O) groups excluding carboxylic acids is 1. The molecule has 3 N–H and O–H groups in total. The molecule has 0 saturated carbocycles. The number of nitrogens with zero attached hydrogens (tertiary/aromatic N) is 1. The number of rotatable bonds is 4. The highest BCUT2D eigenvalue weighted by Crippen LogP contribution is 2.33. The van der Waals surface area contributed by atoms with Crippen molar-refractivity contribution in [3.8, 4) is 0 Å². The van der Waals surface area contributed by atoms with Gasteiger partial charge in [-0.25, -0.2) is 9.59 Å². The first kappa shape index (κ1) is 15.8. The van der Waals surface area contributed by atoms with Crippen molar-refractivity contribution in [3.05, 3.63) is 0 Å². The van der Waals surface area contributed by atoms with Gasteiger partial charge >= 0.3 is 12.0 Å². The molecule has 0 aliphatic carbocycles. The van der Waals surface area contributed by atoms with Crippen LogP contribution in [0.2, 0.25) is 0 Å². The third-order valence-electron chi connectivity index (χ3n) is 3.71. The van der Waals surface area contributed by atoms with Gasteiger partial charge in [0.15, 0.2) is 0 Å². The van der Waals surface area contributed by atoms with Crippen molar-refractivity contribution in [1.82, 2.24) is 10.2 Å². The Hall–Kier alpha value is -1.30. The molecule has 0 bridgehead atoms. The molecule has 6 heteroatoms. The molecule has 110 valence electrons. The molecule has 19 heavy (non-hydrogen) atoms. The number of carboxylic acids is 1. The van der Waals surface area contributed by atoms with Crippen LogP contribution in [0.4, 0.5) is 4.79 Å². The minimum atomic E-state index is -1.12. The van der Waals surface area contributed by atoms with Gasteiger partial charge in [0.2, 0.25) is 0 Å². The Labute approximate surface area is 113 Å². The number of amides is 2. The molecular formula is C13H24N2O4. The van der Waals surface area contributed by atoms with Gasteiger partial charge in [-0.3, -0.25) is 0 Å². The molecule has 0 radical (unpaired) electrons. The van der Waals surface area contributed by atoms with Gasteiger partial charge in [0, 0.05) is 26.1 Å². The summed E-state index contributed by atoms with van der Waals surface area (Å²) < 4.78 is 0. The molecule has 0 aromatic heterocycles. The fourth-order valence-electron chi connectivity index (χ4n) is 2.28. The molecule has 0 aromatic rings. The van der Waals surface area contributed by atoms with Crippen molar-refractivity contribution in [2.24, 2.45) is 11.3 Å². The van der Waals surface area contributed by atoms with Crippen LogP contribution in [0.25, 0.3) is 0 Å². The van der Waals surface area contributed by atoms with E-state index in [9.17, 15) is 9.59 Å². The van der Waals surface area contributed by atoms with Crippen LogP contribution in [0.5, 0.6) is 0 Å². The predicted octanol–water partition coefficient (Wildman–Crippen LogP) is 0.900. The van der Waals surface area contributed by atoms with Crippen LogP contribution in [0, 0.1) is 11.3 Å². The molecule has 2 atom stereocenters. The van der Waals surface area contributed by atoms with E-state index in [2.05, 4.69) is 26.1 Å². The highest BCUT2D eigenvalue weighted by Gasteiger charge is 2.34. The van der Waals surface area contributed by atoms with E-state index in [4.69, 9.17) is 10.2 Å². The van der Waals surface area contributed by atoms with Crippen molar-refractivity contribution in [3.63, 3.8) is 0 Å². The molecule has 1 fully saturated rings. The Bertz CT molecular complexity index is 338. The second kappa shape index (κ2) is 6.23. The summed E-state index contributed by atoms with van der Waals surface area (Å²) in [6.07, 6.45) is 0.965. The minimum Gasteiger partial charge on any atom is -0.480 e. The second-order valence-electron chi connectivity index (χ2n) is 6.15. The van der Waals surface area contributed by atoms with Crippen LogP contribution in [0.3, 0.4) is 0 Å². The van der Waals surface area contributed by atoms with E-state index in [0.717, 1.165) is 6.42 Å². The fourth-order valence-corrected chi connectivity index (χ4v) is 2.28. The SMILES string of the molecule is CC(C)(C)C1CCN(C(=O)NC(CCO)C(=O)O)C1. The highest BCUT2D eigenvalue weighted by atomic mass is 16.4. The molecule has 0 aromatic carbocycles. The van der Waals surface area contributed by atoms with Gasteiger partial charge in [-0.05, 0) is 17.8 Å². The lowest BCUT2D eigenvalue weighted by Gasteiger charge is -2.27. The highest BCUT2D eigenvalue weighted by molar-refractivity contribution is 5.82. The van der Waals surface area contributed by atoms with Crippen LogP contribution in [0.15, 0.2) is 0 Å². The number of carboxylic acid groups (broad SMARTS) is 1. The summed E-state index contributed by atoms with van der Waals surface area (Å²) in [6, 6.07) is -1.38. The number of hydrogen-bond acceptors (Lipinski definition) is 3. The first-order valence-electron chi connectivity index (χ1n) is 6.64. The largest absolute Gasteiger partial charge is 0.480 e. The van der Waals surface area contributed by atoms with Gasteiger partial charge in [0.1, 0.15) is 6.04 Å². The zero-order valence-corrected chi connectivity index (χ0v) is 11.8. The molecule has 0 spiro atoms. The monoisotopic (exact) mass is 272 g/mol. The number of likely N-dealkylation sites (tertiary alicyclic amines) is 1. The number of hydrogen-bond donors (Lipinski definition) is 3. The van der Waals surface area contributed by atoms with Crippen LogP contribution in [-0.4, -0.2) is 52.9 Å². The Morgan fingerprint density at radius 2 is 2.05 bits per heavy atom. The maximum atomic E-state index is 12.0. The number of urea groups is 1. The average molecular weight is 272 g/mol. The topological polar surface area (TPSA) is 89.9 Å². The average Bonchev–Trinajstić information content (AvgIpc) is 2.76. The minimum absolute atomic E-state index is 0.0254. The van der Waals surface area contributed by atoms with Crippen LogP contribution >= 0.6 is 0 Å². The molecular weight excluding hydrogens is 248 g/mol. The second-order valence-corrected chi connectivity index (χ2v) is 6.15. The van der Waals surface area contributed by atoms with E-state index in [0.29, 0.717) is 19.0 Å². The van der Waals surface area contributed by atoms with Crippen molar-refractivity contribution in [1.29, 1.82) is 0 Å². The van der Waals surface area contributed by atoms with Crippen LogP contribution in [-0.2, 0) is 4.79 Å². The summed E-state index contributed by atoms with van der Waals surface area (Å²) in [7, 11) is 0. The predicted molar refractivity (Wildman–Crippen MR) is 70.8 cm³/mol. The van der Waals surface area contributed by atoms with Crippen molar-refractivity contribution in [2.45, 2.75) is 39.7 Å². The Morgan fingerprint density at radius 1 is 1.42 bits per heavy atom. The van der Waals surface area contributed by atoms with E-state index in [-0.39, 0.29) is 24.5 Å². The quantitative estimate of drug-likeness (QED) is 0.709. The van der Waals surface area contributed by atoms with E-state index < -0.39 is 12.0 Å². The molecule has 2 unspecified atom stereocenters. The molecule has 1 heterocycles. The third kappa shape index (κ3) is 4.38. The molecule has 1 aliphatic heterocycles. The fraction of sp³-hybridized carbons (Fsp3) is 0.846. The number of nitrogens with one attached hydrogen (secondary N) is 1. The maximum absolute atomic E-state index is 12.0. The van der Waals surface area contributed by atoms with Gasteiger partial charge in [-0.2, -0.15) is 0 Å². The first-order chi connectivity index (χ1) is 8.75. The Kier molecular flexibility index (Phi) is 5.17. The standard InChI is InChI=1S/C13H24N2O4/c1-13(2,3)9-4-6-15(8-9)12(19)14-10(5-7-16)11(17)18/h9-10,16H,4-8H2,1-3H3,(H,14,19)(H,17,18). The summed E-state index contributed by atoms with van der Waals surface area (Å²) in [5.74, 6) is -0.687. The zero-order chi connectivity index (χ0) is 14.6. The molecule has 1 aliphatic rings. The number of aliphatic hydroxyl groups is 1. The van der Waals surface area contributed by atoms with Crippen LogP contribution in [0.1, 0.15) is 33.6 Å². The maximum Gasteiger partial charge on any atom is 0.326 e. The van der Waals surface area contributed by atoms with Gasteiger partial charge < -0.3 is 20.4 Å². The van der Waals surface area contributed by atoms with Crippen LogP contribution < -0.4 is 5.32 Å². The lowest BCUT2D eigenvalue weighted by atomic mass is 9.80. The van der Waals surface area contributed by atoms with E-state index in [1.807, 2.05) is 0 Å². The van der Waals surface area contributed by atoms with Crippen molar-refractivity contribution >= 4 is 12.0 Å². The summed E-state index contributed by atoms with van der Waals surface area (Å²) >= 11 is 0. The van der Waals surface area contributed by atoms with Gasteiger partial charge in [-0.1, -0.05) is 20.8 Å². The normalized spacial score (nSPS) is 21.3.